The highest BCUT2D eigenvalue weighted by atomic mass is 35.5. The van der Waals surface area contributed by atoms with Crippen molar-refractivity contribution in [2.45, 2.75) is 46.6 Å². The molecule has 1 amide bonds. The van der Waals surface area contributed by atoms with E-state index in [9.17, 15) is 4.79 Å². The lowest BCUT2D eigenvalue weighted by Crippen LogP contribution is -2.27. The molecule has 6 heteroatoms. The summed E-state index contributed by atoms with van der Waals surface area (Å²) in [4.78, 5) is 17.0. The van der Waals surface area contributed by atoms with Gasteiger partial charge in [-0.2, -0.15) is 5.10 Å². The molecular formula is C20H23ClN4O. The molecule has 0 saturated heterocycles. The van der Waals surface area contributed by atoms with E-state index in [0.29, 0.717) is 17.9 Å². The van der Waals surface area contributed by atoms with Crippen molar-refractivity contribution in [3.63, 3.8) is 0 Å². The first-order chi connectivity index (χ1) is 12.3. The summed E-state index contributed by atoms with van der Waals surface area (Å²) in [6.07, 6.45) is 1.04. The van der Waals surface area contributed by atoms with Crippen LogP contribution in [0.4, 0.5) is 0 Å². The van der Waals surface area contributed by atoms with Gasteiger partial charge < -0.3 is 5.32 Å². The Morgan fingerprint density at radius 3 is 2.77 bits per heavy atom. The Bertz CT molecular complexity index is 964. The third-order valence-electron chi connectivity index (χ3n) is 4.61. The van der Waals surface area contributed by atoms with Crippen molar-refractivity contribution in [3.8, 4) is 0 Å². The van der Waals surface area contributed by atoms with Gasteiger partial charge in [-0.15, -0.1) is 0 Å². The van der Waals surface area contributed by atoms with Crippen LogP contribution >= 0.6 is 11.6 Å². The number of nitrogens with one attached hydrogen (secondary N) is 1. The molecule has 0 bridgehead atoms. The van der Waals surface area contributed by atoms with Gasteiger partial charge in [0.25, 0.3) is 0 Å². The van der Waals surface area contributed by atoms with Crippen molar-refractivity contribution >= 4 is 23.2 Å². The van der Waals surface area contributed by atoms with Gasteiger partial charge in [-0.3, -0.25) is 4.79 Å². The number of hydrogen-bond acceptors (Lipinski definition) is 3. The topological polar surface area (TPSA) is 59.3 Å². The fourth-order valence-corrected chi connectivity index (χ4v) is 3.41. The third kappa shape index (κ3) is 3.88. The monoisotopic (exact) mass is 370 g/mol. The molecule has 0 aliphatic heterocycles. The molecule has 1 atom stereocenters. The van der Waals surface area contributed by atoms with Crippen molar-refractivity contribution in [3.05, 3.63) is 63.6 Å². The van der Waals surface area contributed by atoms with Crippen LogP contribution in [0.5, 0.6) is 0 Å². The number of benzene rings is 1. The summed E-state index contributed by atoms with van der Waals surface area (Å²) in [5, 5.41) is 8.18. The van der Waals surface area contributed by atoms with Crippen LogP contribution in [0.2, 0.25) is 5.02 Å². The second-order valence-electron chi connectivity index (χ2n) is 6.66. The summed E-state index contributed by atoms with van der Waals surface area (Å²) < 4.78 is 1.85. The first-order valence-corrected chi connectivity index (χ1v) is 9.10. The van der Waals surface area contributed by atoms with E-state index in [-0.39, 0.29) is 11.9 Å². The van der Waals surface area contributed by atoms with Crippen molar-refractivity contribution in [2.24, 2.45) is 0 Å². The van der Waals surface area contributed by atoms with Crippen molar-refractivity contribution in [2.75, 3.05) is 0 Å². The lowest BCUT2D eigenvalue weighted by Gasteiger charge is -2.15. The van der Waals surface area contributed by atoms with Crippen molar-refractivity contribution < 1.29 is 4.79 Å². The number of fused-ring (bicyclic) bond motifs is 1. The van der Waals surface area contributed by atoms with Crippen molar-refractivity contribution in [1.82, 2.24) is 19.9 Å². The fraction of sp³-hybridized carbons (Fsp3) is 0.350. The van der Waals surface area contributed by atoms with Crippen LogP contribution in [0.1, 0.15) is 47.6 Å². The molecule has 5 nitrogen and oxygen atoms in total. The van der Waals surface area contributed by atoms with Crippen LogP contribution in [-0.2, 0) is 11.2 Å². The standard InChI is InChI=1S/C20H23ClN4O/c1-12-10-19-22-14(3)18(15(4)25(19)24-12)8-9-20(26)23-13(2)16-6-5-7-17(21)11-16/h5-7,10-11,13H,8-9H2,1-4H3,(H,23,26). The zero-order valence-electron chi connectivity index (χ0n) is 15.5. The van der Waals surface area contributed by atoms with Gasteiger partial charge in [0.15, 0.2) is 5.65 Å². The Hall–Kier alpha value is -2.40. The van der Waals surface area contributed by atoms with E-state index in [4.69, 9.17) is 11.6 Å². The highest BCUT2D eigenvalue weighted by Gasteiger charge is 2.14. The number of amides is 1. The van der Waals surface area contributed by atoms with Crippen LogP contribution in [0.3, 0.4) is 0 Å². The Kier molecular flexibility index (Phi) is 5.28. The van der Waals surface area contributed by atoms with Gasteiger partial charge in [0.05, 0.1) is 11.7 Å². The molecule has 3 rings (SSSR count). The van der Waals surface area contributed by atoms with Gasteiger partial charge in [-0.25, -0.2) is 9.50 Å². The molecule has 26 heavy (non-hydrogen) atoms. The van der Waals surface area contributed by atoms with Gasteiger partial charge in [0.2, 0.25) is 5.91 Å². The molecule has 2 heterocycles. The molecule has 0 saturated carbocycles. The fourth-order valence-electron chi connectivity index (χ4n) is 3.21. The van der Waals surface area contributed by atoms with E-state index >= 15 is 0 Å². The summed E-state index contributed by atoms with van der Waals surface area (Å²) in [5.41, 5.74) is 5.84. The maximum Gasteiger partial charge on any atom is 0.220 e. The molecule has 0 aliphatic rings. The predicted molar refractivity (Wildman–Crippen MR) is 104 cm³/mol. The molecule has 0 spiro atoms. The van der Waals surface area contributed by atoms with Gasteiger partial charge in [0.1, 0.15) is 0 Å². The first kappa shape index (κ1) is 18.4. The first-order valence-electron chi connectivity index (χ1n) is 8.72. The number of aryl methyl sites for hydroxylation is 3. The van der Waals surface area contributed by atoms with Gasteiger partial charge in [-0.05, 0) is 57.4 Å². The molecule has 0 aliphatic carbocycles. The summed E-state index contributed by atoms with van der Waals surface area (Å²) >= 11 is 6.02. The number of rotatable bonds is 5. The number of carbonyl (C=O) groups is 1. The number of halogens is 1. The molecule has 0 fully saturated rings. The van der Waals surface area contributed by atoms with Gasteiger partial charge >= 0.3 is 0 Å². The van der Waals surface area contributed by atoms with E-state index in [1.165, 1.54) is 0 Å². The van der Waals surface area contributed by atoms with E-state index in [1.54, 1.807) is 0 Å². The maximum atomic E-state index is 12.4. The minimum Gasteiger partial charge on any atom is -0.350 e. The third-order valence-corrected chi connectivity index (χ3v) is 4.85. The summed E-state index contributed by atoms with van der Waals surface area (Å²) in [5.74, 6) is 0.00742. The zero-order chi connectivity index (χ0) is 18.8. The molecular weight excluding hydrogens is 348 g/mol. The second kappa shape index (κ2) is 7.46. The van der Waals surface area contributed by atoms with Crippen LogP contribution in [0, 0.1) is 20.8 Å². The summed E-state index contributed by atoms with van der Waals surface area (Å²) in [6.45, 7) is 7.92. The molecule has 136 valence electrons. The molecule has 2 aromatic heterocycles. The van der Waals surface area contributed by atoms with Gasteiger partial charge in [0, 0.05) is 28.9 Å². The SMILES string of the molecule is Cc1cc2nc(C)c(CCC(=O)NC(C)c3cccc(Cl)c3)c(C)n2n1. The summed E-state index contributed by atoms with van der Waals surface area (Å²) in [6, 6.07) is 9.42. The maximum absolute atomic E-state index is 12.4. The van der Waals surface area contributed by atoms with Crippen LogP contribution < -0.4 is 5.32 Å². The average Bonchev–Trinajstić information content (AvgIpc) is 2.95. The van der Waals surface area contributed by atoms with E-state index in [0.717, 1.165) is 33.9 Å². The second-order valence-corrected chi connectivity index (χ2v) is 7.10. The lowest BCUT2D eigenvalue weighted by molar-refractivity contribution is -0.121. The number of carbonyl (C=O) groups excluding carboxylic acids is 1. The minimum absolute atomic E-state index is 0.00742. The molecule has 1 unspecified atom stereocenters. The molecule has 1 aromatic carbocycles. The number of aromatic nitrogens is 3. The highest BCUT2D eigenvalue weighted by Crippen LogP contribution is 2.19. The van der Waals surface area contributed by atoms with E-state index in [2.05, 4.69) is 15.4 Å². The Labute approximate surface area is 158 Å². The van der Waals surface area contributed by atoms with Gasteiger partial charge in [-0.1, -0.05) is 23.7 Å². The predicted octanol–water partition coefficient (Wildman–Crippen LogP) is 4.12. The largest absolute Gasteiger partial charge is 0.350 e. The van der Waals surface area contributed by atoms with E-state index < -0.39 is 0 Å². The van der Waals surface area contributed by atoms with Crippen LogP contribution in [-0.4, -0.2) is 20.5 Å². The lowest BCUT2D eigenvalue weighted by atomic mass is 10.1. The quantitative estimate of drug-likeness (QED) is 0.735. The molecule has 0 radical (unpaired) electrons. The average molecular weight is 371 g/mol. The normalized spacial score (nSPS) is 12.3. The Morgan fingerprint density at radius 1 is 1.27 bits per heavy atom. The summed E-state index contributed by atoms with van der Waals surface area (Å²) in [7, 11) is 0. The highest BCUT2D eigenvalue weighted by molar-refractivity contribution is 6.30. The van der Waals surface area contributed by atoms with Crippen LogP contribution in [0.15, 0.2) is 30.3 Å². The zero-order valence-corrected chi connectivity index (χ0v) is 16.3. The molecule has 3 aromatic rings. The van der Waals surface area contributed by atoms with Crippen LogP contribution in [0.25, 0.3) is 5.65 Å². The Morgan fingerprint density at radius 2 is 2.04 bits per heavy atom. The Balaban J connectivity index is 1.69. The van der Waals surface area contributed by atoms with E-state index in [1.807, 2.05) is 62.5 Å². The van der Waals surface area contributed by atoms with Crippen molar-refractivity contribution in [1.29, 1.82) is 0 Å². The molecule has 1 N–H and O–H groups in total. The number of nitrogens with zero attached hydrogens (tertiary/aromatic N) is 3. The smallest absolute Gasteiger partial charge is 0.220 e. The minimum atomic E-state index is -0.0854. The number of hydrogen-bond donors (Lipinski definition) is 1.